The summed E-state index contributed by atoms with van der Waals surface area (Å²) in [6, 6.07) is 11.9. The maximum absolute atomic E-state index is 14.5. The molecular formula is C24H27FO6. The van der Waals surface area contributed by atoms with E-state index in [1.165, 1.54) is 20.3 Å². The van der Waals surface area contributed by atoms with Gasteiger partial charge in [-0.05, 0) is 38.2 Å². The molecule has 166 valence electrons. The van der Waals surface area contributed by atoms with Gasteiger partial charge in [0.1, 0.15) is 17.9 Å². The van der Waals surface area contributed by atoms with E-state index in [9.17, 15) is 14.0 Å². The van der Waals surface area contributed by atoms with Crippen molar-refractivity contribution < 1.29 is 32.9 Å². The molecule has 0 radical (unpaired) electrons. The maximum Gasteiger partial charge on any atom is 0.341 e. The lowest BCUT2D eigenvalue weighted by atomic mass is 9.74. The van der Waals surface area contributed by atoms with Crippen molar-refractivity contribution in [2.75, 3.05) is 14.2 Å². The predicted octanol–water partition coefficient (Wildman–Crippen LogP) is 4.69. The Morgan fingerprint density at radius 2 is 1.74 bits per heavy atom. The average Bonchev–Trinajstić information content (AvgIpc) is 2.80. The minimum atomic E-state index is -0.640. The second-order valence-electron chi connectivity index (χ2n) is 7.91. The topological polar surface area (TPSA) is 71.1 Å². The van der Waals surface area contributed by atoms with Crippen LogP contribution in [0.3, 0.4) is 0 Å². The molecule has 0 N–H and O–H groups in total. The highest BCUT2D eigenvalue weighted by Crippen LogP contribution is 2.39. The van der Waals surface area contributed by atoms with Crippen LogP contribution in [0.4, 0.5) is 4.39 Å². The van der Waals surface area contributed by atoms with Gasteiger partial charge in [0.15, 0.2) is 11.6 Å². The van der Waals surface area contributed by atoms with Crippen LogP contribution in [0.5, 0.6) is 11.5 Å². The van der Waals surface area contributed by atoms with Gasteiger partial charge in [-0.2, -0.15) is 0 Å². The van der Waals surface area contributed by atoms with Gasteiger partial charge in [-0.3, -0.25) is 4.79 Å². The highest BCUT2D eigenvalue weighted by molar-refractivity contribution is 5.93. The summed E-state index contributed by atoms with van der Waals surface area (Å²) in [7, 11) is 2.59. The molecular weight excluding hydrogens is 403 g/mol. The van der Waals surface area contributed by atoms with Gasteiger partial charge >= 0.3 is 11.9 Å². The fourth-order valence-electron chi connectivity index (χ4n) is 3.69. The number of halogens is 1. The van der Waals surface area contributed by atoms with Crippen LogP contribution in [0, 0.1) is 11.2 Å². The lowest BCUT2D eigenvalue weighted by molar-refractivity contribution is -0.159. The molecule has 0 aromatic heterocycles. The number of esters is 2. The molecule has 0 bridgehead atoms. The van der Waals surface area contributed by atoms with Crippen LogP contribution in [0.15, 0.2) is 42.5 Å². The van der Waals surface area contributed by atoms with Crippen molar-refractivity contribution in [3.05, 3.63) is 59.4 Å². The van der Waals surface area contributed by atoms with Crippen LogP contribution in [0.25, 0.3) is 0 Å². The zero-order valence-corrected chi connectivity index (χ0v) is 18.0. The number of carbonyl (C=O) groups excluding carboxylic acids is 2. The number of benzene rings is 2. The minimum Gasteiger partial charge on any atom is -0.496 e. The molecule has 0 heterocycles. The smallest absolute Gasteiger partial charge is 0.341 e. The summed E-state index contributed by atoms with van der Waals surface area (Å²) in [4.78, 5) is 24.6. The minimum absolute atomic E-state index is 0.0403. The van der Waals surface area contributed by atoms with E-state index in [0.29, 0.717) is 25.7 Å². The first-order valence-corrected chi connectivity index (χ1v) is 10.2. The van der Waals surface area contributed by atoms with Crippen molar-refractivity contribution in [1.82, 2.24) is 0 Å². The van der Waals surface area contributed by atoms with Crippen molar-refractivity contribution >= 4 is 11.9 Å². The molecule has 0 aliphatic heterocycles. The lowest BCUT2D eigenvalue weighted by Gasteiger charge is -2.35. The maximum atomic E-state index is 14.5. The highest BCUT2D eigenvalue weighted by atomic mass is 19.1. The molecule has 2 aromatic carbocycles. The summed E-state index contributed by atoms with van der Waals surface area (Å²) < 4.78 is 35.6. The van der Waals surface area contributed by atoms with Crippen molar-refractivity contribution in [3.63, 3.8) is 0 Å². The van der Waals surface area contributed by atoms with Gasteiger partial charge < -0.3 is 18.9 Å². The second-order valence-corrected chi connectivity index (χ2v) is 7.91. The van der Waals surface area contributed by atoms with Gasteiger partial charge in [0, 0.05) is 12.1 Å². The zero-order chi connectivity index (χ0) is 22.4. The standard InChI is InChI=1S/C24H27FO6/c1-24(23(27)30-15-16-7-5-4-6-8-16)11-9-17(10-12-24)31-21-13-18(22(26)29-3)20(28-2)14-19(21)25/h4-8,13-14,17H,9-12,15H2,1-3H3. The molecule has 0 amide bonds. The van der Waals surface area contributed by atoms with Crippen molar-refractivity contribution in [2.24, 2.45) is 5.41 Å². The number of methoxy groups -OCH3 is 2. The lowest BCUT2D eigenvalue weighted by Crippen LogP contribution is -2.37. The third kappa shape index (κ3) is 5.34. The molecule has 6 nitrogen and oxygen atoms in total. The third-order valence-corrected chi connectivity index (χ3v) is 5.69. The molecule has 3 rings (SSSR count). The molecule has 1 aliphatic carbocycles. The largest absolute Gasteiger partial charge is 0.496 e. The molecule has 2 aromatic rings. The van der Waals surface area contributed by atoms with Crippen molar-refractivity contribution in [2.45, 2.75) is 45.3 Å². The van der Waals surface area contributed by atoms with E-state index >= 15 is 0 Å². The van der Waals surface area contributed by atoms with Crippen LogP contribution in [0.1, 0.15) is 48.5 Å². The van der Waals surface area contributed by atoms with Gasteiger partial charge in [-0.1, -0.05) is 30.3 Å². The van der Waals surface area contributed by atoms with E-state index in [1.54, 1.807) is 0 Å². The van der Waals surface area contributed by atoms with E-state index in [1.807, 2.05) is 37.3 Å². The van der Waals surface area contributed by atoms with Gasteiger partial charge in [0.2, 0.25) is 0 Å². The number of ether oxygens (including phenoxy) is 4. The Labute approximate surface area is 181 Å². The summed E-state index contributed by atoms with van der Waals surface area (Å²) in [5.74, 6) is -1.46. The predicted molar refractivity (Wildman–Crippen MR) is 112 cm³/mol. The first-order chi connectivity index (χ1) is 14.9. The zero-order valence-electron chi connectivity index (χ0n) is 18.0. The molecule has 31 heavy (non-hydrogen) atoms. The second kappa shape index (κ2) is 9.81. The molecule has 0 unspecified atom stereocenters. The Balaban J connectivity index is 1.60. The Bertz CT molecular complexity index is 919. The number of carbonyl (C=O) groups is 2. The number of hydrogen-bond donors (Lipinski definition) is 0. The first-order valence-electron chi connectivity index (χ1n) is 10.2. The Hall–Kier alpha value is -3.09. The highest BCUT2D eigenvalue weighted by Gasteiger charge is 2.39. The number of hydrogen-bond acceptors (Lipinski definition) is 6. The fourth-order valence-corrected chi connectivity index (χ4v) is 3.69. The van der Waals surface area contributed by atoms with E-state index in [4.69, 9.17) is 18.9 Å². The summed E-state index contributed by atoms with van der Waals surface area (Å²) in [6.45, 7) is 2.13. The monoisotopic (exact) mass is 430 g/mol. The van der Waals surface area contributed by atoms with Gasteiger partial charge in [-0.25, -0.2) is 9.18 Å². The van der Waals surface area contributed by atoms with E-state index in [-0.39, 0.29) is 35.7 Å². The van der Waals surface area contributed by atoms with Crippen LogP contribution >= 0.6 is 0 Å². The molecule has 1 aliphatic rings. The Kier molecular flexibility index (Phi) is 7.15. The molecule has 0 saturated heterocycles. The molecule has 1 fully saturated rings. The molecule has 0 spiro atoms. The van der Waals surface area contributed by atoms with E-state index in [2.05, 4.69) is 0 Å². The van der Waals surface area contributed by atoms with Crippen LogP contribution < -0.4 is 9.47 Å². The van der Waals surface area contributed by atoms with Gasteiger partial charge in [0.05, 0.1) is 25.7 Å². The van der Waals surface area contributed by atoms with E-state index in [0.717, 1.165) is 11.6 Å². The third-order valence-electron chi connectivity index (χ3n) is 5.69. The summed E-state index contributed by atoms with van der Waals surface area (Å²) in [5, 5.41) is 0. The van der Waals surface area contributed by atoms with Crippen molar-refractivity contribution in [3.8, 4) is 11.5 Å². The first kappa shape index (κ1) is 22.6. The van der Waals surface area contributed by atoms with Crippen molar-refractivity contribution in [1.29, 1.82) is 0 Å². The molecule has 1 saturated carbocycles. The van der Waals surface area contributed by atoms with Crippen LogP contribution in [-0.2, 0) is 20.9 Å². The Morgan fingerprint density at radius 3 is 2.35 bits per heavy atom. The summed E-state index contributed by atoms with van der Waals surface area (Å²) in [6.07, 6.45) is 1.98. The Morgan fingerprint density at radius 1 is 1.06 bits per heavy atom. The van der Waals surface area contributed by atoms with Crippen LogP contribution in [0.2, 0.25) is 0 Å². The normalized spacial score (nSPS) is 20.6. The average molecular weight is 430 g/mol. The SMILES string of the molecule is COC(=O)c1cc(OC2CCC(C)(C(=O)OCc3ccccc3)CC2)c(F)cc1OC. The van der Waals surface area contributed by atoms with Gasteiger partial charge in [-0.15, -0.1) is 0 Å². The quantitative estimate of drug-likeness (QED) is 0.594. The van der Waals surface area contributed by atoms with E-state index < -0.39 is 17.2 Å². The summed E-state index contributed by atoms with van der Waals surface area (Å²) in [5.41, 5.74) is 0.420. The molecule has 0 atom stereocenters. The number of rotatable bonds is 7. The van der Waals surface area contributed by atoms with Crippen LogP contribution in [-0.4, -0.2) is 32.3 Å². The fraction of sp³-hybridized carbons (Fsp3) is 0.417. The van der Waals surface area contributed by atoms with Gasteiger partial charge in [0.25, 0.3) is 0 Å². The molecule has 7 heteroatoms. The summed E-state index contributed by atoms with van der Waals surface area (Å²) >= 11 is 0.